The second-order valence-electron chi connectivity index (χ2n) is 10.7. The lowest BCUT2D eigenvalue weighted by molar-refractivity contribution is -0.284. The third kappa shape index (κ3) is 10.8. The fraction of sp³-hybridized carbons (Fsp3) is 0.263. The van der Waals surface area contributed by atoms with Gasteiger partial charge in [0.15, 0.2) is 24.6 Å². The molecule has 0 aliphatic carbocycles. The Labute approximate surface area is 289 Å². The highest BCUT2D eigenvalue weighted by Crippen LogP contribution is 2.30. The van der Waals surface area contributed by atoms with Crippen molar-refractivity contribution in [1.29, 1.82) is 0 Å². The number of benzene rings is 4. The minimum absolute atomic E-state index is 0.133. The molecule has 1 aliphatic rings. The third-order valence-corrected chi connectivity index (χ3v) is 7.20. The van der Waals surface area contributed by atoms with Gasteiger partial charge in [0.2, 0.25) is 0 Å². The molecule has 4 aromatic rings. The number of hydrogen-bond acceptors (Lipinski definition) is 12. The Kier molecular flexibility index (Phi) is 14.6. The van der Waals surface area contributed by atoms with Crippen molar-refractivity contribution in [3.63, 3.8) is 0 Å². The van der Waals surface area contributed by atoms with Gasteiger partial charge in [-0.05, 0) is 55.5 Å². The second-order valence-corrected chi connectivity index (χ2v) is 10.7. The molecule has 0 radical (unpaired) electrons. The van der Waals surface area contributed by atoms with E-state index in [4.69, 9.17) is 33.5 Å². The summed E-state index contributed by atoms with van der Waals surface area (Å²) in [4.78, 5) is 52.3. The summed E-state index contributed by atoms with van der Waals surface area (Å²) in [6, 6.07) is 32.1. The number of carbonyl (C=O) groups is 4. The van der Waals surface area contributed by atoms with Crippen molar-refractivity contribution < 1.29 is 57.8 Å². The lowest BCUT2D eigenvalue weighted by atomic mass is 9.97. The molecule has 0 bridgehead atoms. The minimum atomic E-state index is -1.86. The van der Waals surface area contributed by atoms with E-state index in [0.717, 1.165) is 0 Å². The van der Waals surface area contributed by atoms with Gasteiger partial charge >= 0.3 is 23.9 Å². The average Bonchev–Trinajstić information content (AvgIpc) is 3.17. The van der Waals surface area contributed by atoms with Gasteiger partial charge in [-0.2, -0.15) is 0 Å². The molecular weight excluding hydrogens is 648 g/mol. The van der Waals surface area contributed by atoms with Crippen LogP contribution in [0.25, 0.3) is 0 Å². The summed E-state index contributed by atoms with van der Waals surface area (Å²) in [6.07, 6.45) is -7.89. The van der Waals surface area contributed by atoms with Crippen LogP contribution < -0.4 is 0 Å². The quantitative estimate of drug-likeness (QED) is 0.124. The van der Waals surface area contributed by atoms with Crippen molar-refractivity contribution in [3.05, 3.63) is 144 Å². The van der Waals surface area contributed by atoms with E-state index in [0.29, 0.717) is 13.2 Å². The highest BCUT2D eigenvalue weighted by molar-refractivity contribution is 5.91. The standard InChI is InChI=1S/C34H28O10.C4H10O2/c35-30(22-13-5-1-6-14-22)40-21-26-27(42-31(36)23-15-7-2-8-16-23)28(43-32(37)24-17-9-3-10-18-24)29(34(39)41-26)44-33(38)25-19-11-4-12-20-25;1-2-6-4-3-5/h1-20,26-29,34,39H,21H2;5H,2-4H2,1H3/t26-,27+,28+,29-,34-;/m1./s1. The fourth-order valence-corrected chi connectivity index (χ4v) is 4.75. The number of ether oxygens (including phenoxy) is 6. The lowest BCUT2D eigenvalue weighted by Crippen LogP contribution is -2.62. The number of hydrogen-bond donors (Lipinski definition) is 2. The Balaban J connectivity index is 0.000000860. The van der Waals surface area contributed by atoms with Crippen LogP contribution in [-0.2, 0) is 28.4 Å². The molecule has 5 atom stereocenters. The highest BCUT2D eigenvalue weighted by Gasteiger charge is 2.52. The summed E-state index contributed by atoms with van der Waals surface area (Å²) in [6.45, 7) is 2.69. The highest BCUT2D eigenvalue weighted by atomic mass is 16.7. The molecule has 50 heavy (non-hydrogen) atoms. The summed E-state index contributed by atoms with van der Waals surface area (Å²) in [5.41, 5.74) is 0.736. The zero-order chi connectivity index (χ0) is 35.7. The van der Waals surface area contributed by atoms with Gasteiger partial charge in [0.1, 0.15) is 12.7 Å². The molecule has 0 aromatic heterocycles. The Morgan fingerprint density at radius 1 is 0.580 bits per heavy atom. The molecule has 1 fully saturated rings. The zero-order valence-corrected chi connectivity index (χ0v) is 27.2. The van der Waals surface area contributed by atoms with Crippen LogP contribution in [-0.4, -0.2) is 91.2 Å². The molecule has 12 heteroatoms. The van der Waals surface area contributed by atoms with Crippen LogP contribution in [0.5, 0.6) is 0 Å². The first-order chi connectivity index (χ1) is 24.3. The van der Waals surface area contributed by atoms with Crippen molar-refractivity contribution in [3.8, 4) is 0 Å². The maximum absolute atomic E-state index is 13.3. The van der Waals surface area contributed by atoms with Gasteiger partial charge in [0, 0.05) is 6.61 Å². The summed E-state index contributed by atoms with van der Waals surface area (Å²) >= 11 is 0. The van der Waals surface area contributed by atoms with Crippen LogP contribution in [0.4, 0.5) is 0 Å². The van der Waals surface area contributed by atoms with E-state index in [-0.39, 0.29) is 28.9 Å². The minimum Gasteiger partial charge on any atom is -0.459 e. The van der Waals surface area contributed by atoms with Crippen molar-refractivity contribution in [1.82, 2.24) is 0 Å². The van der Waals surface area contributed by atoms with Crippen LogP contribution in [0.2, 0.25) is 0 Å². The first-order valence-electron chi connectivity index (χ1n) is 15.8. The van der Waals surface area contributed by atoms with E-state index in [1.54, 1.807) is 84.9 Å². The van der Waals surface area contributed by atoms with E-state index < -0.39 is 61.2 Å². The first-order valence-corrected chi connectivity index (χ1v) is 15.8. The summed E-state index contributed by atoms with van der Waals surface area (Å²) in [7, 11) is 0. The number of carbonyl (C=O) groups excluding carboxylic acids is 4. The molecule has 1 saturated heterocycles. The van der Waals surface area contributed by atoms with E-state index in [2.05, 4.69) is 0 Å². The third-order valence-electron chi connectivity index (χ3n) is 7.20. The van der Waals surface area contributed by atoms with Gasteiger partial charge in [-0.1, -0.05) is 72.8 Å². The van der Waals surface area contributed by atoms with E-state index in [1.807, 2.05) is 6.92 Å². The second kappa shape index (κ2) is 19.6. The van der Waals surface area contributed by atoms with E-state index >= 15 is 0 Å². The number of aliphatic hydroxyl groups excluding tert-OH is 2. The molecule has 4 aromatic carbocycles. The van der Waals surface area contributed by atoms with Gasteiger partial charge in [-0.25, -0.2) is 19.2 Å². The maximum atomic E-state index is 13.3. The van der Waals surface area contributed by atoms with Crippen molar-refractivity contribution in [2.75, 3.05) is 26.4 Å². The normalized spacial score (nSPS) is 19.5. The molecule has 0 amide bonds. The maximum Gasteiger partial charge on any atom is 0.338 e. The predicted octanol–water partition coefficient (Wildman–Crippen LogP) is 4.25. The van der Waals surface area contributed by atoms with Crippen LogP contribution in [0, 0.1) is 0 Å². The molecule has 0 spiro atoms. The molecule has 0 unspecified atom stereocenters. The molecular formula is C38H38O12. The van der Waals surface area contributed by atoms with Crippen LogP contribution in [0.15, 0.2) is 121 Å². The van der Waals surface area contributed by atoms with Crippen molar-refractivity contribution in [2.45, 2.75) is 37.6 Å². The number of esters is 4. The van der Waals surface area contributed by atoms with E-state index in [1.165, 1.54) is 36.4 Å². The Hall–Kier alpha value is -5.40. The zero-order valence-electron chi connectivity index (χ0n) is 27.2. The molecule has 1 heterocycles. The summed E-state index contributed by atoms with van der Waals surface area (Å²) in [5.74, 6) is -3.21. The number of aliphatic hydroxyl groups is 2. The smallest absolute Gasteiger partial charge is 0.338 e. The molecule has 2 N–H and O–H groups in total. The Bertz CT molecular complexity index is 1630. The largest absolute Gasteiger partial charge is 0.459 e. The average molecular weight is 687 g/mol. The molecule has 262 valence electrons. The first kappa shape index (κ1) is 37.4. The summed E-state index contributed by atoms with van der Waals surface area (Å²) < 4.78 is 33.1. The Morgan fingerprint density at radius 3 is 1.34 bits per heavy atom. The van der Waals surface area contributed by atoms with Gasteiger partial charge in [0.25, 0.3) is 0 Å². The molecule has 0 saturated carbocycles. The fourth-order valence-electron chi connectivity index (χ4n) is 4.75. The van der Waals surface area contributed by atoms with Crippen molar-refractivity contribution >= 4 is 23.9 Å². The van der Waals surface area contributed by atoms with Gasteiger partial charge in [-0.15, -0.1) is 0 Å². The van der Waals surface area contributed by atoms with Gasteiger partial charge < -0.3 is 38.6 Å². The Morgan fingerprint density at radius 2 is 0.960 bits per heavy atom. The monoisotopic (exact) mass is 686 g/mol. The summed E-state index contributed by atoms with van der Waals surface area (Å²) in [5, 5.41) is 19.1. The molecule has 5 rings (SSSR count). The topological polar surface area (TPSA) is 164 Å². The van der Waals surface area contributed by atoms with Gasteiger partial charge in [0.05, 0.1) is 35.5 Å². The molecule has 1 aliphatic heterocycles. The van der Waals surface area contributed by atoms with Crippen LogP contribution in [0.3, 0.4) is 0 Å². The predicted molar refractivity (Wildman–Crippen MR) is 178 cm³/mol. The SMILES string of the molecule is CCOCCO.O=C(OC[C@H]1O[C@@H](O)[C@H](OC(=O)c2ccccc2)[C@@H](OC(=O)c2ccccc2)[C@H]1OC(=O)c1ccccc1)c1ccccc1. The molecule has 12 nitrogen and oxygen atoms in total. The van der Waals surface area contributed by atoms with Crippen molar-refractivity contribution in [2.24, 2.45) is 0 Å². The van der Waals surface area contributed by atoms with E-state index in [9.17, 15) is 24.3 Å². The van der Waals surface area contributed by atoms with Gasteiger partial charge in [-0.3, -0.25) is 0 Å². The van der Waals surface area contributed by atoms with Crippen LogP contribution in [0.1, 0.15) is 48.4 Å². The number of rotatable bonds is 12. The lowest BCUT2D eigenvalue weighted by Gasteiger charge is -2.42. The van der Waals surface area contributed by atoms with Crippen LogP contribution >= 0.6 is 0 Å².